The molecule has 140 valence electrons. The van der Waals surface area contributed by atoms with E-state index in [0.717, 1.165) is 17.1 Å². The number of hydrogen-bond acceptors (Lipinski definition) is 7. The Morgan fingerprint density at radius 3 is 2.40 bits per heavy atom. The number of rotatable bonds is 6. The van der Waals surface area contributed by atoms with E-state index in [2.05, 4.69) is 20.2 Å². The quantitative estimate of drug-likeness (QED) is 0.756. The van der Waals surface area contributed by atoms with Crippen molar-refractivity contribution in [2.45, 2.75) is 25.8 Å². The molecule has 1 fully saturated rings. The van der Waals surface area contributed by atoms with Crippen LogP contribution in [0.25, 0.3) is 0 Å². The molecule has 0 unspecified atom stereocenters. The highest BCUT2D eigenvalue weighted by molar-refractivity contribution is 7.90. The van der Waals surface area contributed by atoms with Crippen LogP contribution >= 0.6 is 0 Å². The zero-order valence-electron chi connectivity index (χ0n) is 14.6. The molecular weight excluding hydrogens is 348 g/mol. The SMILES string of the molecule is CCOC(=O)N1CCC(Nc2ccc(NS(=O)(=O)N(C)C)nn2)CC1. The van der Waals surface area contributed by atoms with E-state index in [-0.39, 0.29) is 18.0 Å². The number of hydrogen-bond donors (Lipinski definition) is 2. The standard InChI is InChI=1S/C14H24N6O4S/c1-4-24-14(21)20-9-7-11(8-10-20)15-12-5-6-13(17-16-12)18-25(22,23)19(2)3/h5-6,11H,4,7-10H2,1-3H3,(H,15,16)(H,17,18). The third-order valence-electron chi connectivity index (χ3n) is 3.75. The van der Waals surface area contributed by atoms with Gasteiger partial charge in [-0.1, -0.05) is 0 Å². The Labute approximate surface area is 147 Å². The van der Waals surface area contributed by atoms with Crippen molar-refractivity contribution in [2.75, 3.05) is 43.8 Å². The zero-order valence-corrected chi connectivity index (χ0v) is 15.4. The van der Waals surface area contributed by atoms with Crippen LogP contribution in [-0.2, 0) is 14.9 Å². The van der Waals surface area contributed by atoms with E-state index in [4.69, 9.17) is 4.74 Å². The van der Waals surface area contributed by atoms with Gasteiger partial charge in [-0.15, -0.1) is 10.2 Å². The second-order valence-electron chi connectivity index (χ2n) is 5.80. The molecule has 11 heteroatoms. The average molecular weight is 372 g/mol. The number of likely N-dealkylation sites (tertiary alicyclic amines) is 1. The maximum atomic E-state index is 11.7. The molecule has 0 saturated carbocycles. The van der Waals surface area contributed by atoms with E-state index >= 15 is 0 Å². The summed E-state index contributed by atoms with van der Waals surface area (Å²) < 4.78 is 31.8. The highest BCUT2D eigenvalue weighted by Crippen LogP contribution is 2.16. The van der Waals surface area contributed by atoms with Gasteiger partial charge < -0.3 is 15.0 Å². The molecule has 1 aliphatic rings. The third kappa shape index (κ3) is 5.43. The Hall–Kier alpha value is -2.14. The fourth-order valence-electron chi connectivity index (χ4n) is 2.32. The number of nitrogens with zero attached hydrogens (tertiary/aromatic N) is 4. The summed E-state index contributed by atoms with van der Waals surface area (Å²) in [6.45, 7) is 3.39. The van der Waals surface area contributed by atoms with E-state index in [1.165, 1.54) is 14.1 Å². The Morgan fingerprint density at radius 2 is 1.88 bits per heavy atom. The predicted octanol–water partition coefficient (Wildman–Crippen LogP) is 0.728. The maximum absolute atomic E-state index is 11.7. The van der Waals surface area contributed by atoms with Crippen molar-refractivity contribution in [3.63, 3.8) is 0 Å². The Bertz CT molecular complexity index is 671. The lowest BCUT2D eigenvalue weighted by atomic mass is 10.1. The Balaban J connectivity index is 1.85. The van der Waals surface area contributed by atoms with Crippen LogP contribution in [0.5, 0.6) is 0 Å². The van der Waals surface area contributed by atoms with Crippen molar-refractivity contribution in [1.29, 1.82) is 0 Å². The lowest BCUT2D eigenvalue weighted by Crippen LogP contribution is -2.42. The van der Waals surface area contributed by atoms with Gasteiger partial charge in [-0.2, -0.15) is 12.7 Å². The first-order valence-corrected chi connectivity index (χ1v) is 9.48. The summed E-state index contributed by atoms with van der Waals surface area (Å²) in [5, 5.41) is 11.1. The molecule has 1 aromatic heterocycles. The highest BCUT2D eigenvalue weighted by atomic mass is 32.2. The number of piperidine rings is 1. The topological polar surface area (TPSA) is 117 Å². The minimum atomic E-state index is -3.60. The van der Waals surface area contributed by atoms with E-state index in [1.807, 2.05) is 0 Å². The number of aromatic nitrogens is 2. The molecule has 0 aliphatic carbocycles. The fourth-order valence-corrected chi connectivity index (χ4v) is 2.87. The summed E-state index contributed by atoms with van der Waals surface area (Å²) >= 11 is 0. The summed E-state index contributed by atoms with van der Waals surface area (Å²) in [5.74, 6) is 0.707. The highest BCUT2D eigenvalue weighted by Gasteiger charge is 2.23. The molecule has 1 saturated heterocycles. The van der Waals surface area contributed by atoms with Crippen LogP contribution in [0.4, 0.5) is 16.4 Å². The molecule has 0 atom stereocenters. The molecule has 25 heavy (non-hydrogen) atoms. The van der Waals surface area contributed by atoms with Crippen LogP contribution in [0, 0.1) is 0 Å². The largest absolute Gasteiger partial charge is 0.450 e. The van der Waals surface area contributed by atoms with Gasteiger partial charge in [0.05, 0.1) is 6.61 Å². The molecular formula is C14H24N6O4S. The molecule has 0 spiro atoms. The fraction of sp³-hybridized carbons (Fsp3) is 0.643. The van der Waals surface area contributed by atoms with Crippen LogP contribution in [-0.4, -0.2) is 73.7 Å². The number of anilines is 2. The van der Waals surface area contributed by atoms with Gasteiger partial charge in [0.1, 0.15) is 5.82 Å². The second kappa shape index (κ2) is 8.30. The van der Waals surface area contributed by atoms with Gasteiger partial charge in [0.2, 0.25) is 0 Å². The summed E-state index contributed by atoms with van der Waals surface area (Å²) in [4.78, 5) is 13.4. The van der Waals surface area contributed by atoms with E-state index in [0.29, 0.717) is 25.5 Å². The Kier molecular flexibility index (Phi) is 6.37. The Morgan fingerprint density at radius 1 is 1.28 bits per heavy atom. The first-order chi connectivity index (χ1) is 11.8. The van der Waals surface area contributed by atoms with Crippen molar-refractivity contribution in [2.24, 2.45) is 0 Å². The van der Waals surface area contributed by atoms with Crippen molar-refractivity contribution in [3.8, 4) is 0 Å². The molecule has 0 bridgehead atoms. The van der Waals surface area contributed by atoms with Crippen LogP contribution in [0.2, 0.25) is 0 Å². The first-order valence-electron chi connectivity index (χ1n) is 8.04. The molecule has 0 radical (unpaired) electrons. The van der Waals surface area contributed by atoms with Gasteiger partial charge >= 0.3 is 16.3 Å². The summed E-state index contributed by atoms with van der Waals surface area (Å²) in [7, 11) is -0.749. The average Bonchev–Trinajstić information content (AvgIpc) is 2.57. The van der Waals surface area contributed by atoms with Gasteiger partial charge in [0, 0.05) is 33.2 Å². The van der Waals surface area contributed by atoms with Gasteiger partial charge in [-0.3, -0.25) is 4.72 Å². The lowest BCUT2D eigenvalue weighted by Gasteiger charge is -2.31. The molecule has 0 aromatic carbocycles. The normalized spacial score (nSPS) is 15.9. The lowest BCUT2D eigenvalue weighted by molar-refractivity contribution is 0.0983. The van der Waals surface area contributed by atoms with E-state index in [1.54, 1.807) is 24.0 Å². The number of carbonyl (C=O) groups excluding carboxylic acids is 1. The first kappa shape index (κ1) is 19.2. The van der Waals surface area contributed by atoms with Gasteiger partial charge in [-0.25, -0.2) is 4.79 Å². The van der Waals surface area contributed by atoms with Crippen molar-refractivity contribution in [3.05, 3.63) is 12.1 Å². The third-order valence-corrected chi connectivity index (χ3v) is 5.18. The second-order valence-corrected chi connectivity index (χ2v) is 7.68. The number of carbonyl (C=O) groups is 1. The van der Waals surface area contributed by atoms with Crippen molar-refractivity contribution >= 4 is 27.9 Å². The molecule has 1 aromatic rings. The summed E-state index contributed by atoms with van der Waals surface area (Å²) in [5.41, 5.74) is 0. The van der Waals surface area contributed by atoms with E-state index < -0.39 is 10.2 Å². The molecule has 2 rings (SSSR count). The zero-order chi connectivity index (χ0) is 18.4. The van der Waals surface area contributed by atoms with Crippen molar-refractivity contribution in [1.82, 2.24) is 19.4 Å². The predicted molar refractivity (Wildman–Crippen MR) is 93.5 cm³/mol. The van der Waals surface area contributed by atoms with Gasteiger partial charge in [-0.05, 0) is 31.9 Å². The molecule has 1 amide bonds. The van der Waals surface area contributed by atoms with Crippen LogP contribution in [0.15, 0.2) is 12.1 Å². The number of ether oxygens (including phenoxy) is 1. The van der Waals surface area contributed by atoms with Gasteiger partial charge in [0.15, 0.2) is 5.82 Å². The van der Waals surface area contributed by atoms with Crippen LogP contribution < -0.4 is 10.0 Å². The molecule has 10 nitrogen and oxygen atoms in total. The summed E-state index contributed by atoms with van der Waals surface area (Å²) in [6.07, 6.45) is 1.27. The van der Waals surface area contributed by atoms with Crippen LogP contribution in [0.1, 0.15) is 19.8 Å². The molecule has 2 N–H and O–H groups in total. The van der Waals surface area contributed by atoms with Crippen molar-refractivity contribution < 1.29 is 17.9 Å². The monoisotopic (exact) mass is 372 g/mol. The molecule has 1 aliphatic heterocycles. The molecule has 2 heterocycles. The number of nitrogens with one attached hydrogen (secondary N) is 2. The maximum Gasteiger partial charge on any atom is 0.409 e. The summed E-state index contributed by atoms with van der Waals surface area (Å²) in [6, 6.07) is 3.38. The minimum Gasteiger partial charge on any atom is -0.450 e. The minimum absolute atomic E-state index is 0.149. The van der Waals surface area contributed by atoms with Crippen LogP contribution in [0.3, 0.4) is 0 Å². The van der Waals surface area contributed by atoms with E-state index in [9.17, 15) is 13.2 Å². The number of amides is 1. The smallest absolute Gasteiger partial charge is 0.409 e. The van der Waals surface area contributed by atoms with Gasteiger partial charge in [0.25, 0.3) is 0 Å².